The van der Waals surface area contributed by atoms with Gasteiger partial charge in [-0.1, -0.05) is 13.8 Å². The predicted octanol–water partition coefficient (Wildman–Crippen LogP) is 2.72. The van der Waals surface area contributed by atoms with Crippen molar-refractivity contribution in [3.8, 4) is 0 Å². The minimum atomic E-state index is 0.645. The van der Waals surface area contributed by atoms with Crippen LogP contribution in [0.15, 0.2) is 4.99 Å². The van der Waals surface area contributed by atoms with Crippen molar-refractivity contribution in [1.82, 2.24) is 15.5 Å². The lowest BCUT2D eigenvalue weighted by atomic mass is 9.97. The summed E-state index contributed by atoms with van der Waals surface area (Å²) in [5.74, 6) is 2.31. The molecule has 1 heterocycles. The molecule has 5 nitrogen and oxygen atoms in total. The Morgan fingerprint density at radius 1 is 1.21 bits per heavy atom. The van der Waals surface area contributed by atoms with Crippen molar-refractivity contribution in [2.75, 3.05) is 45.9 Å². The third-order valence-corrected chi connectivity index (χ3v) is 4.51. The fourth-order valence-corrected chi connectivity index (χ4v) is 2.94. The Morgan fingerprint density at radius 3 is 2.67 bits per heavy atom. The second kappa shape index (κ2) is 12.5. The molecule has 0 saturated carbocycles. The Labute approximate surface area is 149 Å². The van der Waals surface area contributed by atoms with E-state index < -0.39 is 0 Å². The molecule has 0 aromatic carbocycles. The van der Waals surface area contributed by atoms with Crippen LogP contribution in [0.3, 0.4) is 0 Å². The van der Waals surface area contributed by atoms with Gasteiger partial charge >= 0.3 is 0 Å². The number of nitrogens with one attached hydrogen (secondary N) is 2. The molecule has 1 atom stereocenters. The molecular weight excluding hydrogens is 300 g/mol. The third-order valence-electron chi connectivity index (χ3n) is 4.51. The van der Waals surface area contributed by atoms with Crippen molar-refractivity contribution < 1.29 is 4.74 Å². The molecule has 2 N–H and O–H groups in total. The first-order valence-corrected chi connectivity index (χ1v) is 9.86. The summed E-state index contributed by atoms with van der Waals surface area (Å²) in [6, 6.07) is 0.645. The predicted molar refractivity (Wildman–Crippen MR) is 104 cm³/mol. The van der Waals surface area contributed by atoms with E-state index in [0.717, 1.165) is 45.2 Å². The minimum absolute atomic E-state index is 0.645. The van der Waals surface area contributed by atoms with Gasteiger partial charge in [-0.15, -0.1) is 0 Å². The zero-order valence-electron chi connectivity index (χ0n) is 16.6. The van der Waals surface area contributed by atoms with E-state index in [1.165, 1.54) is 25.9 Å². The number of ether oxygens (including phenoxy) is 1. The number of guanidine groups is 1. The van der Waals surface area contributed by atoms with Gasteiger partial charge in [0.05, 0.1) is 6.61 Å². The van der Waals surface area contributed by atoms with E-state index in [9.17, 15) is 0 Å². The number of nitrogens with zero attached hydrogens (tertiary/aromatic N) is 2. The zero-order valence-corrected chi connectivity index (χ0v) is 16.6. The maximum Gasteiger partial charge on any atom is 0.191 e. The molecule has 0 bridgehead atoms. The van der Waals surface area contributed by atoms with Crippen molar-refractivity contribution in [2.45, 2.75) is 59.9 Å². The molecule has 1 saturated heterocycles. The first-order valence-electron chi connectivity index (χ1n) is 9.86. The maximum atomic E-state index is 5.66. The fourth-order valence-electron chi connectivity index (χ4n) is 2.94. The molecule has 0 aromatic heterocycles. The molecule has 5 heteroatoms. The summed E-state index contributed by atoms with van der Waals surface area (Å²) in [7, 11) is 0. The molecule has 0 spiro atoms. The minimum Gasteiger partial charge on any atom is -0.380 e. The molecule has 142 valence electrons. The SMILES string of the molecule is CCNC(=NCC1CCCN(C(C)C)C1)NCCOCCC(C)C. The van der Waals surface area contributed by atoms with Gasteiger partial charge in [0.2, 0.25) is 0 Å². The summed E-state index contributed by atoms with van der Waals surface area (Å²) >= 11 is 0. The van der Waals surface area contributed by atoms with Gasteiger partial charge in [-0.2, -0.15) is 0 Å². The van der Waals surface area contributed by atoms with Crippen LogP contribution in [0.2, 0.25) is 0 Å². The second-order valence-corrected chi connectivity index (χ2v) is 7.54. The van der Waals surface area contributed by atoms with Crippen LogP contribution in [0.4, 0.5) is 0 Å². The summed E-state index contributed by atoms with van der Waals surface area (Å²) in [6.07, 6.45) is 3.72. The average Bonchev–Trinajstić information content (AvgIpc) is 2.55. The lowest BCUT2D eigenvalue weighted by Gasteiger charge is -2.34. The highest BCUT2D eigenvalue weighted by molar-refractivity contribution is 5.79. The van der Waals surface area contributed by atoms with Gasteiger partial charge in [0, 0.05) is 38.8 Å². The van der Waals surface area contributed by atoms with E-state index in [2.05, 4.69) is 50.2 Å². The van der Waals surface area contributed by atoms with Crippen molar-refractivity contribution in [3.05, 3.63) is 0 Å². The van der Waals surface area contributed by atoms with Gasteiger partial charge < -0.3 is 20.3 Å². The smallest absolute Gasteiger partial charge is 0.191 e. The van der Waals surface area contributed by atoms with Crippen LogP contribution >= 0.6 is 0 Å². The highest BCUT2D eigenvalue weighted by Crippen LogP contribution is 2.18. The molecule has 1 fully saturated rings. The molecule has 0 radical (unpaired) electrons. The molecule has 1 aliphatic rings. The van der Waals surface area contributed by atoms with Crippen molar-refractivity contribution in [1.29, 1.82) is 0 Å². The maximum absolute atomic E-state index is 5.66. The first kappa shape index (κ1) is 21.2. The fraction of sp³-hybridized carbons (Fsp3) is 0.947. The lowest BCUT2D eigenvalue weighted by Crippen LogP contribution is -2.42. The van der Waals surface area contributed by atoms with Crippen molar-refractivity contribution in [2.24, 2.45) is 16.8 Å². The molecule has 1 rings (SSSR count). The number of hydrogen-bond acceptors (Lipinski definition) is 3. The quantitative estimate of drug-likeness (QED) is 0.365. The second-order valence-electron chi connectivity index (χ2n) is 7.54. The van der Waals surface area contributed by atoms with E-state index in [1.807, 2.05) is 0 Å². The zero-order chi connectivity index (χ0) is 17.8. The van der Waals surface area contributed by atoms with Crippen LogP contribution in [0, 0.1) is 11.8 Å². The third kappa shape index (κ3) is 9.48. The van der Waals surface area contributed by atoms with Gasteiger partial charge in [-0.05, 0) is 58.4 Å². The highest BCUT2D eigenvalue weighted by atomic mass is 16.5. The summed E-state index contributed by atoms with van der Waals surface area (Å²) in [4.78, 5) is 7.37. The Morgan fingerprint density at radius 2 is 2.00 bits per heavy atom. The number of piperidine rings is 1. The van der Waals surface area contributed by atoms with Gasteiger partial charge in [0.15, 0.2) is 5.96 Å². The number of hydrogen-bond donors (Lipinski definition) is 2. The summed E-state index contributed by atoms with van der Waals surface area (Å²) in [5.41, 5.74) is 0. The van der Waals surface area contributed by atoms with Crippen LogP contribution in [0.1, 0.15) is 53.9 Å². The average molecular weight is 341 g/mol. The van der Waals surface area contributed by atoms with E-state index >= 15 is 0 Å². The van der Waals surface area contributed by atoms with Crippen LogP contribution in [-0.2, 0) is 4.74 Å². The first-order chi connectivity index (χ1) is 11.5. The topological polar surface area (TPSA) is 48.9 Å². The normalized spacial score (nSPS) is 20.0. The molecule has 0 aliphatic carbocycles. The largest absolute Gasteiger partial charge is 0.380 e. The van der Waals surface area contributed by atoms with E-state index in [4.69, 9.17) is 9.73 Å². The summed E-state index contributed by atoms with van der Waals surface area (Å²) in [6.45, 7) is 17.8. The molecule has 0 amide bonds. The van der Waals surface area contributed by atoms with Crippen LogP contribution in [-0.4, -0.2) is 62.8 Å². The van der Waals surface area contributed by atoms with Gasteiger partial charge in [0.25, 0.3) is 0 Å². The molecule has 1 unspecified atom stereocenters. The van der Waals surface area contributed by atoms with E-state index in [0.29, 0.717) is 17.9 Å². The Balaban J connectivity index is 2.28. The van der Waals surface area contributed by atoms with Crippen LogP contribution in [0.5, 0.6) is 0 Å². The molecule has 24 heavy (non-hydrogen) atoms. The number of aliphatic imine (C=N–C) groups is 1. The van der Waals surface area contributed by atoms with Crippen molar-refractivity contribution >= 4 is 5.96 Å². The highest BCUT2D eigenvalue weighted by Gasteiger charge is 2.21. The number of rotatable bonds is 10. The van der Waals surface area contributed by atoms with E-state index in [-0.39, 0.29) is 0 Å². The molecule has 1 aliphatic heterocycles. The molecule has 0 aromatic rings. The lowest BCUT2D eigenvalue weighted by molar-refractivity contribution is 0.128. The Bertz CT molecular complexity index is 344. The Kier molecular flexibility index (Phi) is 11.1. The monoisotopic (exact) mass is 340 g/mol. The van der Waals surface area contributed by atoms with Gasteiger partial charge in [0.1, 0.15) is 0 Å². The standard InChI is InChI=1S/C19H40N4O/c1-6-20-19(21-10-13-24-12-9-16(2)3)22-14-18-8-7-11-23(15-18)17(4)5/h16-18H,6-15H2,1-5H3,(H2,20,21,22). The van der Waals surface area contributed by atoms with Gasteiger partial charge in [-0.3, -0.25) is 4.99 Å². The van der Waals surface area contributed by atoms with Crippen molar-refractivity contribution in [3.63, 3.8) is 0 Å². The molecular formula is C19H40N4O. The number of likely N-dealkylation sites (tertiary alicyclic amines) is 1. The van der Waals surface area contributed by atoms with E-state index in [1.54, 1.807) is 0 Å². The van der Waals surface area contributed by atoms with Crippen LogP contribution < -0.4 is 10.6 Å². The van der Waals surface area contributed by atoms with Gasteiger partial charge in [-0.25, -0.2) is 0 Å². The van der Waals surface area contributed by atoms with Crippen LogP contribution in [0.25, 0.3) is 0 Å². The summed E-state index contributed by atoms with van der Waals surface area (Å²) < 4.78 is 5.66. The summed E-state index contributed by atoms with van der Waals surface area (Å²) in [5, 5.41) is 6.72. The Hall–Kier alpha value is -0.810.